The molecule has 1 heterocycles. The Bertz CT molecular complexity index is 613. The molecule has 0 saturated heterocycles. The Kier molecular flexibility index (Phi) is 3.20. The van der Waals surface area contributed by atoms with Crippen LogP contribution in [-0.2, 0) is 0 Å². The molecule has 0 amide bonds. The largest absolute Gasteiger partial charge is 0.313 e. The van der Waals surface area contributed by atoms with Gasteiger partial charge in [-0.05, 0) is 42.3 Å². The summed E-state index contributed by atoms with van der Waals surface area (Å²) in [5, 5.41) is 10.7. The van der Waals surface area contributed by atoms with E-state index in [4.69, 9.17) is 11.6 Å². The number of halogens is 2. The fraction of sp³-hybridized carbons (Fsp3) is 0.0909. The highest BCUT2D eigenvalue weighted by atomic mass is 35.5. The van der Waals surface area contributed by atoms with E-state index in [0.717, 1.165) is 6.20 Å². The number of nitrogens with zero attached hydrogens (tertiary/aromatic N) is 3. The zero-order chi connectivity index (χ0) is 13.3. The van der Waals surface area contributed by atoms with Gasteiger partial charge in [-0.25, -0.2) is 14.4 Å². The lowest BCUT2D eigenvalue weighted by Gasteiger charge is -2.04. The molecule has 0 unspecified atom stereocenters. The monoisotopic (exact) mass is 267 g/mol. The summed E-state index contributed by atoms with van der Waals surface area (Å²) in [5.74, 6) is -0.492. The highest BCUT2D eigenvalue weighted by Gasteiger charge is 2.19. The molecule has 0 N–H and O–H groups in total. The molecule has 0 bridgehead atoms. The smallest absolute Gasteiger partial charge is 0.258 e. The molecule has 2 aromatic rings. The standard InChI is InChI=1S/C11H7ClFN3O2/c1-6-2-7(4-8(13)3-6)10-9(16(17)18)5-14-11(12)15-10/h2-5H,1H3. The van der Waals surface area contributed by atoms with Crippen molar-refractivity contribution in [3.05, 3.63) is 51.2 Å². The minimum Gasteiger partial charge on any atom is -0.258 e. The third kappa shape index (κ3) is 2.43. The number of aryl methyl sites for hydroxylation is 1. The van der Waals surface area contributed by atoms with E-state index in [0.29, 0.717) is 11.1 Å². The molecule has 5 nitrogen and oxygen atoms in total. The Balaban J connectivity index is 2.68. The lowest BCUT2D eigenvalue weighted by Crippen LogP contribution is -1.97. The Hall–Kier alpha value is -2.08. The van der Waals surface area contributed by atoms with E-state index in [-0.39, 0.29) is 16.7 Å². The summed E-state index contributed by atoms with van der Waals surface area (Å²) in [6.07, 6.45) is 1.00. The quantitative estimate of drug-likeness (QED) is 0.476. The van der Waals surface area contributed by atoms with Gasteiger partial charge in [-0.15, -0.1) is 0 Å². The van der Waals surface area contributed by atoms with Gasteiger partial charge in [0, 0.05) is 5.56 Å². The predicted octanol–water partition coefficient (Wildman–Crippen LogP) is 3.15. The molecule has 92 valence electrons. The van der Waals surface area contributed by atoms with E-state index >= 15 is 0 Å². The van der Waals surface area contributed by atoms with Crippen molar-refractivity contribution in [3.8, 4) is 11.3 Å². The molecule has 7 heteroatoms. The molecule has 0 aliphatic rings. The van der Waals surface area contributed by atoms with Crippen LogP contribution in [0.25, 0.3) is 11.3 Å². The molecule has 2 rings (SSSR count). The summed E-state index contributed by atoms with van der Waals surface area (Å²) < 4.78 is 13.3. The molecule has 1 aromatic carbocycles. The van der Waals surface area contributed by atoms with Crippen molar-refractivity contribution in [1.82, 2.24) is 9.97 Å². The van der Waals surface area contributed by atoms with Crippen LogP contribution in [0.1, 0.15) is 5.56 Å². The Labute approximate surface area is 106 Å². The van der Waals surface area contributed by atoms with Crippen LogP contribution in [0, 0.1) is 22.9 Å². The van der Waals surface area contributed by atoms with Crippen molar-refractivity contribution in [3.63, 3.8) is 0 Å². The minimum atomic E-state index is -0.633. The lowest BCUT2D eigenvalue weighted by molar-refractivity contribution is -0.384. The highest BCUT2D eigenvalue weighted by molar-refractivity contribution is 6.28. The number of nitro groups is 1. The van der Waals surface area contributed by atoms with Crippen molar-refractivity contribution in [2.75, 3.05) is 0 Å². The van der Waals surface area contributed by atoms with E-state index in [1.165, 1.54) is 12.1 Å². The summed E-state index contributed by atoms with van der Waals surface area (Å²) >= 11 is 5.61. The van der Waals surface area contributed by atoms with Gasteiger partial charge in [-0.2, -0.15) is 0 Å². The fourth-order valence-electron chi connectivity index (χ4n) is 1.57. The molecule has 18 heavy (non-hydrogen) atoms. The van der Waals surface area contributed by atoms with Crippen molar-refractivity contribution in [1.29, 1.82) is 0 Å². The lowest BCUT2D eigenvalue weighted by atomic mass is 10.1. The van der Waals surface area contributed by atoms with Gasteiger partial charge in [0.25, 0.3) is 0 Å². The van der Waals surface area contributed by atoms with Gasteiger partial charge in [-0.3, -0.25) is 10.1 Å². The fourth-order valence-corrected chi connectivity index (χ4v) is 1.71. The summed E-state index contributed by atoms with van der Waals surface area (Å²) in [5.41, 5.74) is 0.615. The van der Waals surface area contributed by atoms with E-state index in [1.807, 2.05) is 0 Å². The highest BCUT2D eigenvalue weighted by Crippen LogP contribution is 2.29. The van der Waals surface area contributed by atoms with E-state index in [1.54, 1.807) is 13.0 Å². The number of hydrogen-bond donors (Lipinski definition) is 0. The summed E-state index contributed by atoms with van der Waals surface area (Å²) in [6.45, 7) is 1.68. The first-order valence-corrected chi connectivity index (χ1v) is 5.29. The average Bonchev–Trinajstić information content (AvgIpc) is 2.27. The predicted molar refractivity (Wildman–Crippen MR) is 63.8 cm³/mol. The molecule has 0 spiro atoms. The number of rotatable bonds is 2. The summed E-state index contributed by atoms with van der Waals surface area (Å²) in [4.78, 5) is 17.6. The van der Waals surface area contributed by atoms with Gasteiger partial charge in [0.15, 0.2) is 5.69 Å². The van der Waals surface area contributed by atoms with Crippen LogP contribution in [0.3, 0.4) is 0 Å². The van der Waals surface area contributed by atoms with Crippen LogP contribution >= 0.6 is 11.6 Å². The first-order chi connectivity index (χ1) is 8.47. The maximum Gasteiger partial charge on any atom is 0.313 e. The number of benzene rings is 1. The molecule has 0 saturated carbocycles. The van der Waals surface area contributed by atoms with Gasteiger partial charge in [0.1, 0.15) is 12.0 Å². The Morgan fingerprint density at radius 2 is 2.11 bits per heavy atom. The molecule has 0 aliphatic carbocycles. The van der Waals surface area contributed by atoms with Crippen molar-refractivity contribution in [2.24, 2.45) is 0 Å². The molecule has 0 radical (unpaired) electrons. The van der Waals surface area contributed by atoms with Crippen LogP contribution < -0.4 is 0 Å². The zero-order valence-electron chi connectivity index (χ0n) is 9.22. The Morgan fingerprint density at radius 3 is 2.72 bits per heavy atom. The number of hydrogen-bond acceptors (Lipinski definition) is 4. The van der Waals surface area contributed by atoms with Crippen molar-refractivity contribution in [2.45, 2.75) is 6.92 Å². The SMILES string of the molecule is Cc1cc(F)cc(-c2nc(Cl)ncc2[N+](=O)[O-])c1. The van der Waals surface area contributed by atoms with Gasteiger partial charge in [0.05, 0.1) is 4.92 Å². The first-order valence-electron chi connectivity index (χ1n) is 4.92. The Morgan fingerprint density at radius 1 is 1.39 bits per heavy atom. The maximum absolute atomic E-state index is 13.3. The molecule has 0 aliphatic heterocycles. The third-order valence-electron chi connectivity index (χ3n) is 2.25. The normalized spacial score (nSPS) is 10.4. The van der Waals surface area contributed by atoms with Gasteiger partial charge in [0.2, 0.25) is 5.28 Å². The van der Waals surface area contributed by atoms with Crippen molar-refractivity contribution < 1.29 is 9.31 Å². The molecule has 1 aromatic heterocycles. The average molecular weight is 268 g/mol. The van der Waals surface area contributed by atoms with Crippen LogP contribution in [0.15, 0.2) is 24.4 Å². The zero-order valence-corrected chi connectivity index (χ0v) is 9.98. The summed E-state index contributed by atoms with van der Waals surface area (Å²) in [7, 11) is 0. The van der Waals surface area contributed by atoms with E-state index < -0.39 is 10.7 Å². The van der Waals surface area contributed by atoms with Gasteiger partial charge < -0.3 is 0 Å². The molecule has 0 atom stereocenters. The van der Waals surface area contributed by atoms with Crippen LogP contribution in [0.2, 0.25) is 5.28 Å². The number of aromatic nitrogens is 2. The maximum atomic E-state index is 13.3. The van der Waals surface area contributed by atoms with E-state index in [2.05, 4.69) is 9.97 Å². The van der Waals surface area contributed by atoms with Gasteiger partial charge >= 0.3 is 5.69 Å². The second-order valence-electron chi connectivity index (χ2n) is 3.65. The second-order valence-corrected chi connectivity index (χ2v) is 3.99. The third-order valence-corrected chi connectivity index (χ3v) is 2.43. The minimum absolute atomic E-state index is 0.00241. The topological polar surface area (TPSA) is 68.9 Å². The molecule has 0 fully saturated rings. The second kappa shape index (κ2) is 4.66. The molecular weight excluding hydrogens is 261 g/mol. The van der Waals surface area contributed by atoms with Crippen LogP contribution in [0.5, 0.6) is 0 Å². The molecular formula is C11H7ClFN3O2. The van der Waals surface area contributed by atoms with Crippen molar-refractivity contribution >= 4 is 17.3 Å². The van der Waals surface area contributed by atoms with E-state index in [9.17, 15) is 14.5 Å². The van der Waals surface area contributed by atoms with Gasteiger partial charge in [-0.1, -0.05) is 0 Å². The van der Waals surface area contributed by atoms with Crippen LogP contribution in [-0.4, -0.2) is 14.9 Å². The van der Waals surface area contributed by atoms with Crippen LogP contribution in [0.4, 0.5) is 10.1 Å². The summed E-state index contributed by atoms with van der Waals surface area (Å²) in [6, 6.07) is 4.07. The first kappa shape index (κ1) is 12.4.